The summed E-state index contributed by atoms with van der Waals surface area (Å²) in [5.41, 5.74) is 0. The van der Waals surface area contributed by atoms with E-state index in [4.69, 9.17) is 0 Å². The standard InChI is InChI=1S/C13H20BrN5O/c1-3-16-13-17-7-10(14)11(18-13)19-6-4-5-9(8-19)12(20)15-2/h7,9H,3-6,8H2,1-2H3,(H,15,20)(H,16,17,18). The van der Waals surface area contributed by atoms with Crippen LogP contribution in [-0.2, 0) is 4.79 Å². The SMILES string of the molecule is CCNc1ncc(Br)c(N2CCCC(C(=O)NC)C2)n1. The topological polar surface area (TPSA) is 70.2 Å². The summed E-state index contributed by atoms with van der Waals surface area (Å²) in [4.78, 5) is 22.7. The van der Waals surface area contributed by atoms with E-state index in [1.165, 1.54) is 0 Å². The van der Waals surface area contributed by atoms with Gasteiger partial charge in [-0.3, -0.25) is 4.79 Å². The predicted molar refractivity (Wildman–Crippen MR) is 82.9 cm³/mol. The molecule has 1 amide bonds. The summed E-state index contributed by atoms with van der Waals surface area (Å²) in [6.07, 6.45) is 3.67. The second-order valence-corrected chi connectivity index (χ2v) is 5.65. The maximum Gasteiger partial charge on any atom is 0.224 e. The van der Waals surface area contributed by atoms with Crippen LogP contribution in [-0.4, -0.2) is 42.6 Å². The molecule has 1 aromatic rings. The molecule has 2 heterocycles. The van der Waals surface area contributed by atoms with Gasteiger partial charge < -0.3 is 15.5 Å². The molecule has 20 heavy (non-hydrogen) atoms. The number of hydrogen-bond acceptors (Lipinski definition) is 5. The second kappa shape index (κ2) is 6.88. The monoisotopic (exact) mass is 341 g/mol. The van der Waals surface area contributed by atoms with Crippen LogP contribution in [0.3, 0.4) is 0 Å². The third kappa shape index (κ3) is 3.39. The number of nitrogens with one attached hydrogen (secondary N) is 2. The molecular weight excluding hydrogens is 322 g/mol. The van der Waals surface area contributed by atoms with E-state index in [1.54, 1.807) is 13.2 Å². The lowest BCUT2D eigenvalue weighted by Gasteiger charge is -2.33. The van der Waals surface area contributed by atoms with E-state index in [-0.39, 0.29) is 11.8 Å². The number of rotatable bonds is 4. The molecule has 2 rings (SSSR count). The fourth-order valence-electron chi connectivity index (χ4n) is 2.41. The molecule has 1 aromatic heterocycles. The molecule has 1 aliphatic heterocycles. The summed E-state index contributed by atoms with van der Waals surface area (Å²) >= 11 is 3.50. The summed E-state index contributed by atoms with van der Waals surface area (Å²) in [5, 5.41) is 5.84. The van der Waals surface area contributed by atoms with Gasteiger partial charge in [-0.2, -0.15) is 4.98 Å². The number of nitrogens with zero attached hydrogens (tertiary/aromatic N) is 3. The first-order valence-corrected chi connectivity index (χ1v) is 7.68. The summed E-state index contributed by atoms with van der Waals surface area (Å²) in [5.74, 6) is 1.60. The third-order valence-corrected chi connectivity index (χ3v) is 3.96. The van der Waals surface area contributed by atoms with Gasteiger partial charge in [0.05, 0.1) is 10.4 Å². The molecule has 0 saturated carbocycles. The number of carbonyl (C=O) groups excluding carboxylic acids is 1. The molecule has 0 spiro atoms. The molecule has 2 N–H and O–H groups in total. The molecule has 1 fully saturated rings. The number of hydrogen-bond donors (Lipinski definition) is 2. The average Bonchev–Trinajstić information content (AvgIpc) is 2.49. The summed E-state index contributed by atoms with van der Waals surface area (Å²) < 4.78 is 0.858. The van der Waals surface area contributed by atoms with Gasteiger partial charge in [-0.25, -0.2) is 4.98 Å². The van der Waals surface area contributed by atoms with Gasteiger partial charge in [0.25, 0.3) is 0 Å². The van der Waals surface area contributed by atoms with E-state index in [0.29, 0.717) is 12.5 Å². The Morgan fingerprint density at radius 3 is 3.10 bits per heavy atom. The van der Waals surface area contributed by atoms with Gasteiger partial charge in [-0.1, -0.05) is 0 Å². The van der Waals surface area contributed by atoms with E-state index in [2.05, 4.69) is 41.4 Å². The molecule has 1 unspecified atom stereocenters. The van der Waals surface area contributed by atoms with Crippen molar-refractivity contribution in [2.24, 2.45) is 5.92 Å². The van der Waals surface area contributed by atoms with Gasteiger partial charge in [-0.15, -0.1) is 0 Å². The third-order valence-electron chi connectivity index (χ3n) is 3.40. The highest BCUT2D eigenvalue weighted by molar-refractivity contribution is 9.10. The first-order chi connectivity index (χ1) is 9.65. The van der Waals surface area contributed by atoms with Crippen LogP contribution >= 0.6 is 15.9 Å². The molecule has 0 aromatic carbocycles. The summed E-state index contributed by atoms with van der Waals surface area (Å²) in [6, 6.07) is 0. The Bertz CT molecular complexity index is 482. The molecule has 7 heteroatoms. The van der Waals surface area contributed by atoms with Crippen molar-refractivity contribution in [2.45, 2.75) is 19.8 Å². The van der Waals surface area contributed by atoms with E-state index in [9.17, 15) is 4.79 Å². The maximum atomic E-state index is 11.8. The Morgan fingerprint density at radius 1 is 1.60 bits per heavy atom. The minimum Gasteiger partial charge on any atom is -0.359 e. The van der Waals surface area contributed by atoms with E-state index in [0.717, 1.165) is 36.2 Å². The van der Waals surface area contributed by atoms with Crippen molar-refractivity contribution in [2.75, 3.05) is 36.9 Å². The van der Waals surface area contributed by atoms with Crippen LogP contribution in [0.1, 0.15) is 19.8 Å². The van der Waals surface area contributed by atoms with Crippen LogP contribution in [0.25, 0.3) is 0 Å². The fraction of sp³-hybridized carbons (Fsp3) is 0.615. The summed E-state index contributed by atoms with van der Waals surface area (Å²) in [7, 11) is 1.69. The Hall–Kier alpha value is -1.37. The minimum atomic E-state index is 0.0261. The van der Waals surface area contributed by atoms with Crippen molar-refractivity contribution in [1.82, 2.24) is 15.3 Å². The lowest BCUT2D eigenvalue weighted by atomic mass is 9.97. The molecule has 6 nitrogen and oxygen atoms in total. The second-order valence-electron chi connectivity index (χ2n) is 4.79. The number of amides is 1. The predicted octanol–water partition coefficient (Wildman–Crippen LogP) is 1.63. The van der Waals surface area contributed by atoms with Crippen LogP contribution < -0.4 is 15.5 Å². The van der Waals surface area contributed by atoms with Crippen LogP contribution in [0.2, 0.25) is 0 Å². The van der Waals surface area contributed by atoms with Crippen LogP contribution in [0.15, 0.2) is 10.7 Å². The lowest BCUT2D eigenvalue weighted by Crippen LogP contribution is -2.42. The minimum absolute atomic E-state index is 0.0261. The number of carbonyl (C=O) groups is 1. The Kier molecular flexibility index (Phi) is 5.17. The number of aromatic nitrogens is 2. The highest BCUT2D eigenvalue weighted by atomic mass is 79.9. The maximum absolute atomic E-state index is 11.8. The smallest absolute Gasteiger partial charge is 0.224 e. The molecule has 1 atom stereocenters. The van der Waals surface area contributed by atoms with Gasteiger partial charge in [0, 0.05) is 32.9 Å². The normalized spacial score (nSPS) is 18.8. The summed E-state index contributed by atoms with van der Waals surface area (Å²) in [6.45, 7) is 4.39. The highest BCUT2D eigenvalue weighted by Gasteiger charge is 2.27. The Labute approximate surface area is 127 Å². The first kappa shape index (κ1) is 15.0. The van der Waals surface area contributed by atoms with Crippen LogP contribution in [0.4, 0.5) is 11.8 Å². The van der Waals surface area contributed by atoms with Crippen molar-refractivity contribution in [3.05, 3.63) is 10.7 Å². The molecule has 110 valence electrons. The van der Waals surface area contributed by atoms with Crippen LogP contribution in [0, 0.1) is 5.92 Å². The molecule has 0 aliphatic carbocycles. The molecular formula is C13H20BrN5O. The fourth-order valence-corrected chi connectivity index (χ4v) is 2.85. The van der Waals surface area contributed by atoms with Crippen molar-refractivity contribution in [1.29, 1.82) is 0 Å². The Balaban J connectivity index is 2.17. The van der Waals surface area contributed by atoms with Gasteiger partial charge >= 0.3 is 0 Å². The van der Waals surface area contributed by atoms with Gasteiger partial charge in [0.1, 0.15) is 5.82 Å². The molecule has 0 radical (unpaired) electrons. The zero-order chi connectivity index (χ0) is 14.5. The molecule has 0 bridgehead atoms. The van der Waals surface area contributed by atoms with Gasteiger partial charge in [-0.05, 0) is 35.7 Å². The van der Waals surface area contributed by atoms with E-state index >= 15 is 0 Å². The molecule has 1 aliphatic rings. The van der Waals surface area contributed by atoms with E-state index in [1.807, 2.05) is 6.92 Å². The van der Waals surface area contributed by atoms with Crippen molar-refractivity contribution in [3.8, 4) is 0 Å². The largest absolute Gasteiger partial charge is 0.359 e. The van der Waals surface area contributed by atoms with Crippen molar-refractivity contribution >= 4 is 33.6 Å². The van der Waals surface area contributed by atoms with Gasteiger partial charge in [0.15, 0.2) is 0 Å². The zero-order valence-electron chi connectivity index (χ0n) is 11.8. The molecule has 1 saturated heterocycles. The highest BCUT2D eigenvalue weighted by Crippen LogP contribution is 2.28. The number of piperidine rings is 1. The number of anilines is 2. The van der Waals surface area contributed by atoms with Crippen LogP contribution in [0.5, 0.6) is 0 Å². The van der Waals surface area contributed by atoms with Crippen molar-refractivity contribution in [3.63, 3.8) is 0 Å². The zero-order valence-corrected chi connectivity index (χ0v) is 13.4. The number of halogens is 1. The van der Waals surface area contributed by atoms with Crippen molar-refractivity contribution < 1.29 is 4.79 Å². The van der Waals surface area contributed by atoms with E-state index < -0.39 is 0 Å². The first-order valence-electron chi connectivity index (χ1n) is 6.88. The van der Waals surface area contributed by atoms with Gasteiger partial charge in [0.2, 0.25) is 11.9 Å². The average molecular weight is 342 g/mol. The Morgan fingerprint density at radius 2 is 2.40 bits per heavy atom. The lowest BCUT2D eigenvalue weighted by molar-refractivity contribution is -0.124. The quantitative estimate of drug-likeness (QED) is 0.871.